The summed E-state index contributed by atoms with van der Waals surface area (Å²) < 4.78 is -0.831. The van der Waals surface area contributed by atoms with E-state index in [-0.39, 0.29) is 11.0 Å². The van der Waals surface area contributed by atoms with E-state index >= 15 is 0 Å². The number of halogens is 4. The van der Waals surface area contributed by atoms with Gasteiger partial charge in [0.15, 0.2) is 5.11 Å². The average Bonchev–Trinajstić information content (AvgIpc) is 2.56. The molecule has 0 saturated heterocycles. The summed E-state index contributed by atoms with van der Waals surface area (Å²) in [7, 11) is 0. The molecule has 0 radical (unpaired) electrons. The Labute approximate surface area is 179 Å². The molecule has 2 aromatic carbocycles. The second kappa shape index (κ2) is 9.23. The number of thiocarbonyl (C=S) groups is 1. The molecule has 25 heavy (non-hydrogen) atoms. The standard InChI is InChI=1S/C16H13Cl3IN3OS/c17-16(18,19)14(22-13(24)10-6-2-1-3-7-10)23-15(25)21-12-9-5-4-8-11(12)20/h1-9,14H,(H,22,24)(H2,21,23,25)/t14-/m1/s1. The molecule has 1 amide bonds. The van der Waals surface area contributed by atoms with Gasteiger partial charge in [-0.3, -0.25) is 4.79 Å². The smallest absolute Gasteiger partial charge is 0.252 e. The van der Waals surface area contributed by atoms with Crippen LogP contribution in [-0.2, 0) is 0 Å². The van der Waals surface area contributed by atoms with Gasteiger partial charge in [-0.1, -0.05) is 65.1 Å². The fourth-order valence-electron chi connectivity index (χ4n) is 1.86. The number of anilines is 1. The van der Waals surface area contributed by atoms with Gasteiger partial charge in [0.2, 0.25) is 3.79 Å². The summed E-state index contributed by atoms with van der Waals surface area (Å²) in [6, 6.07) is 16.2. The fourth-order valence-corrected chi connectivity index (χ4v) is 2.93. The molecular formula is C16H13Cl3IN3OS. The van der Waals surface area contributed by atoms with Crippen LogP contribution in [0.5, 0.6) is 0 Å². The molecule has 0 fully saturated rings. The Kier molecular flexibility index (Phi) is 7.57. The maximum absolute atomic E-state index is 12.3. The molecule has 0 saturated carbocycles. The molecule has 0 unspecified atom stereocenters. The van der Waals surface area contributed by atoms with Gasteiger partial charge in [-0.05, 0) is 59.1 Å². The van der Waals surface area contributed by atoms with Gasteiger partial charge in [0.25, 0.3) is 5.91 Å². The van der Waals surface area contributed by atoms with Gasteiger partial charge < -0.3 is 16.0 Å². The number of amides is 1. The highest BCUT2D eigenvalue weighted by atomic mass is 127. The van der Waals surface area contributed by atoms with Crippen LogP contribution in [0.3, 0.4) is 0 Å². The Morgan fingerprint density at radius 1 is 1.00 bits per heavy atom. The summed E-state index contributed by atoms with van der Waals surface area (Å²) >= 11 is 25.4. The van der Waals surface area contributed by atoms with E-state index in [4.69, 9.17) is 47.0 Å². The van der Waals surface area contributed by atoms with Crippen molar-refractivity contribution in [1.82, 2.24) is 10.6 Å². The van der Waals surface area contributed by atoms with Crippen molar-refractivity contribution >= 4 is 86.3 Å². The van der Waals surface area contributed by atoms with Crippen LogP contribution in [0.2, 0.25) is 0 Å². The predicted molar refractivity (Wildman–Crippen MR) is 117 cm³/mol. The number of carbonyl (C=O) groups is 1. The third kappa shape index (κ3) is 6.45. The summed E-state index contributed by atoms with van der Waals surface area (Å²) in [5.74, 6) is -0.387. The summed E-state index contributed by atoms with van der Waals surface area (Å²) in [4.78, 5) is 12.3. The predicted octanol–water partition coefficient (Wildman–Crippen LogP) is 4.70. The zero-order chi connectivity index (χ0) is 18.4. The lowest BCUT2D eigenvalue weighted by molar-refractivity contribution is 0.0934. The number of rotatable bonds is 4. The molecule has 9 heteroatoms. The van der Waals surface area contributed by atoms with E-state index in [1.54, 1.807) is 24.3 Å². The van der Waals surface area contributed by atoms with E-state index in [9.17, 15) is 4.79 Å². The minimum Gasteiger partial charge on any atom is -0.339 e. The number of alkyl halides is 3. The number of benzene rings is 2. The maximum Gasteiger partial charge on any atom is 0.252 e. The summed E-state index contributed by atoms with van der Waals surface area (Å²) in [5, 5.41) is 8.68. The van der Waals surface area contributed by atoms with Gasteiger partial charge in [0.05, 0.1) is 5.69 Å². The molecule has 1 atom stereocenters. The molecule has 0 aliphatic carbocycles. The van der Waals surface area contributed by atoms with Crippen molar-refractivity contribution in [2.45, 2.75) is 9.96 Å². The van der Waals surface area contributed by atoms with Crippen LogP contribution in [0.1, 0.15) is 10.4 Å². The van der Waals surface area contributed by atoms with Gasteiger partial charge in [-0.2, -0.15) is 0 Å². The summed E-state index contributed by atoms with van der Waals surface area (Å²) in [6.45, 7) is 0. The van der Waals surface area contributed by atoms with Gasteiger partial charge in [0, 0.05) is 9.13 Å². The van der Waals surface area contributed by atoms with Crippen molar-refractivity contribution in [2.75, 3.05) is 5.32 Å². The highest BCUT2D eigenvalue weighted by Crippen LogP contribution is 2.29. The number of para-hydroxylation sites is 1. The van der Waals surface area contributed by atoms with Gasteiger partial charge in [-0.15, -0.1) is 0 Å². The molecule has 0 heterocycles. The van der Waals surface area contributed by atoms with Crippen LogP contribution in [-0.4, -0.2) is 21.0 Å². The molecule has 3 N–H and O–H groups in total. The zero-order valence-electron chi connectivity index (χ0n) is 12.6. The molecule has 0 aromatic heterocycles. The Hall–Kier alpha value is -0.800. The summed E-state index contributed by atoms with van der Waals surface area (Å²) in [6.07, 6.45) is -1.02. The average molecular weight is 529 g/mol. The van der Waals surface area contributed by atoms with E-state index in [0.29, 0.717) is 5.56 Å². The van der Waals surface area contributed by atoms with E-state index in [0.717, 1.165) is 9.26 Å². The number of carbonyl (C=O) groups excluding carboxylic acids is 1. The minimum atomic E-state index is -1.81. The molecule has 0 bridgehead atoms. The first kappa shape index (κ1) is 20.5. The lowest BCUT2D eigenvalue weighted by Gasteiger charge is -2.28. The lowest BCUT2D eigenvalue weighted by atomic mass is 10.2. The van der Waals surface area contributed by atoms with Crippen LogP contribution in [0, 0.1) is 3.57 Å². The molecule has 2 rings (SSSR count). The summed E-state index contributed by atoms with van der Waals surface area (Å²) in [5.41, 5.74) is 1.25. The molecular weight excluding hydrogens is 516 g/mol. The monoisotopic (exact) mass is 527 g/mol. The third-order valence-electron chi connectivity index (χ3n) is 3.04. The number of hydrogen-bond donors (Lipinski definition) is 3. The van der Waals surface area contributed by atoms with Crippen molar-refractivity contribution in [2.24, 2.45) is 0 Å². The molecule has 0 spiro atoms. The molecule has 132 valence electrons. The van der Waals surface area contributed by atoms with Gasteiger partial charge >= 0.3 is 0 Å². The Morgan fingerprint density at radius 3 is 2.20 bits per heavy atom. The van der Waals surface area contributed by atoms with E-state index < -0.39 is 9.96 Å². The fraction of sp³-hybridized carbons (Fsp3) is 0.125. The third-order valence-corrected chi connectivity index (χ3v) is 4.85. The lowest BCUT2D eigenvalue weighted by Crippen LogP contribution is -2.56. The number of nitrogens with one attached hydrogen (secondary N) is 3. The highest BCUT2D eigenvalue weighted by molar-refractivity contribution is 14.1. The largest absolute Gasteiger partial charge is 0.339 e. The van der Waals surface area contributed by atoms with Crippen LogP contribution in [0.15, 0.2) is 54.6 Å². The highest BCUT2D eigenvalue weighted by Gasteiger charge is 2.34. The van der Waals surface area contributed by atoms with Crippen molar-refractivity contribution in [3.8, 4) is 0 Å². The van der Waals surface area contributed by atoms with Crippen LogP contribution >= 0.6 is 69.6 Å². The van der Waals surface area contributed by atoms with Crippen molar-refractivity contribution in [3.63, 3.8) is 0 Å². The van der Waals surface area contributed by atoms with E-state index in [1.165, 1.54) is 0 Å². The van der Waals surface area contributed by atoms with Gasteiger partial charge in [-0.25, -0.2) is 0 Å². The second-order valence-corrected chi connectivity index (χ2v) is 8.83. The Balaban J connectivity index is 2.06. The Morgan fingerprint density at radius 2 is 1.60 bits per heavy atom. The first-order valence-electron chi connectivity index (χ1n) is 7.02. The quantitative estimate of drug-likeness (QED) is 0.233. The molecule has 0 aliphatic heterocycles. The number of hydrogen-bond acceptors (Lipinski definition) is 2. The first-order chi connectivity index (χ1) is 11.8. The van der Waals surface area contributed by atoms with Crippen LogP contribution < -0.4 is 16.0 Å². The van der Waals surface area contributed by atoms with Crippen molar-refractivity contribution < 1.29 is 4.79 Å². The van der Waals surface area contributed by atoms with Crippen molar-refractivity contribution in [3.05, 3.63) is 63.7 Å². The van der Waals surface area contributed by atoms with E-state index in [2.05, 4.69) is 38.5 Å². The second-order valence-electron chi connectivity index (χ2n) is 4.89. The topological polar surface area (TPSA) is 53.2 Å². The van der Waals surface area contributed by atoms with E-state index in [1.807, 2.05) is 30.3 Å². The van der Waals surface area contributed by atoms with Crippen LogP contribution in [0.4, 0.5) is 5.69 Å². The first-order valence-corrected chi connectivity index (χ1v) is 9.64. The van der Waals surface area contributed by atoms with Crippen LogP contribution in [0.25, 0.3) is 0 Å². The zero-order valence-corrected chi connectivity index (χ0v) is 17.8. The molecule has 2 aromatic rings. The maximum atomic E-state index is 12.3. The molecule has 4 nitrogen and oxygen atoms in total. The van der Waals surface area contributed by atoms with Crippen molar-refractivity contribution in [1.29, 1.82) is 0 Å². The minimum absolute atomic E-state index is 0.216. The van der Waals surface area contributed by atoms with Gasteiger partial charge in [0.1, 0.15) is 6.17 Å². The normalized spacial score (nSPS) is 12.2. The Bertz CT molecular complexity index is 756. The SMILES string of the molecule is O=C(N[C@H](NC(=S)Nc1ccccc1I)C(Cl)(Cl)Cl)c1ccccc1. The molecule has 0 aliphatic rings.